The molecule has 1 N–H and O–H groups in total. The van der Waals surface area contributed by atoms with Gasteiger partial charge in [-0.15, -0.1) is 0 Å². The standard InChI is InChI=1S/C13H21NO/c1-4-11(3)15-13-8-6-12(7-9-13)10-14-5-2/h6-9,11,14H,4-5,10H2,1-3H3/t11-/m1/s1. The molecule has 0 fully saturated rings. The molecule has 1 aromatic carbocycles. The molecule has 1 aromatic rings. The highest BCUT2D eigenvalue weighted by atomic mass is 16.5. The van der Waals surface area contributed by atoms with Gasteiger partial charge in [0.15, 0.2) is 0 Å². The van der Waals surface area contributed by atoms with Gasteiger partial charge < -0.3 is 10.1 Å². The molecule has 1 rings (SSSR count). The highest BCUT2D eigenvalue weighted by Gasteiger charge is 2.00. The Balaban J connectivity index is 2.48. The first-order chi connectivity index (χ1) is 7.26. The topological polar surface area (TPSA) is 21.3 Å². The Kier molecular flexibility index (Phi) is 5.19. The van der Waals surface area contributed by atoms with Crippen LogP contribution in [0.1, 0.15) is 32.8 Å². The zero-order chi connectivity index (χ0) is 11.1. The van der Waals surface area contributed by atoms with Crippen molar-refractivity contribution >= 4 is 0 Å². The van der Waals surface area contributed by atoms with Crippen molar-refractivity contribution in [1.82, 2.24) is 5.32 Å². The minimum absolute atomic E-state index is 0.296. The van der Waals surface area contributed by atoms with Crippen molar-refractivity contribution in [2.75, 3.05) is 6.54 Å². The van der Waals surface area contributed by atoms with E-state index in [4.69, 9.17) is 4.74 Å². The maximum atomic E-state index is 5.70. The van der Waals surface area contributed by atoms with Gasteiger partial charge >= 0.3 is 0 Å². The smallest absolute Gasteiger partial charge is 0.119 e. The van der Waals surface area contributed by atoms with Crippen molar-refractivity contribution in [3.8, 4) is 5.75 Å². The average molecular weight is 207 g/mol. The molecular weight excluding hydrogens is 186 g/mol. The second kappa shape index (κ2) is 6.46. The number of benzene rings is 1. The van der Waals surface area contributed by atoms with E-state index in [1.54, 1.807) is 0 Å². The highest BCUT2D eigenvalue weighted by molar-refractivity contribution is 5.27. The molecule has 0 heterocycles. The maximum absolute atomic E-state index is 5.70. The first-order valence-corrected chi connectivity index (χ1v) is 5.72. The Labute approximate surface area is 92.6 Å². The van der Waals surface area contributed by atoms with Crippen molar-refractivity contribution in [2.45, 2.75) is 39.8 Å². The van der Waals surface area contributed by atoms with E-state index in [0.717, 1.165) is 25.3 Å². The van der Waals surface area contributed by atoms with Crippen LogP contribution in [-0.4, -0.2) is 12.6 Å². The van der Waals surface area contributed by atoms with Gasteiger partial charge in [-0.05, 0) is 37.6 Å². The van der Waals surface area contributed by atoms with Crippen molar-refractivity contribution in [2.24, 2.45) is 0 Å². The Hall–Kier alpha value is -1.02. The van der Waals surface area contributed by atoms with Gasteiger partial charge in [0, 0.05) is 6.54 Å². The molecule has 0 aliphatic carbocycles. The molecule has 1 atom stereocenters. The van der Waals surface area contributed by atoms with Crippen molar-refractivity contribution in [1.29, 1.82) is 0 Å². The molecule has 0 bridgehead atoms. The second-order valence-electron chi connectivity index (χ2n) is 3.76. The fourth-order valence-electron chi connectivity index (χ4n) is 1.27. The summed E-state index contributed by atoms with van der Waals surface area (Å²) in [4.78, 5) is 0. The van der Waals surface area contributed by atoms with Crippen LogP contribution >= 0.6 is 0 Å². The van der Waals surface area contributed by atoms with E-state index in [2.05, 4.69) is 38.2 Å². The third-order valence-corrected chi connectivity index (χ3v) is 2.41. The summed E-state index contributed by atoms with van der Waals surface area (Å²) in [5.41, 5.74) is 1.30. The molecule has 0 aliphatic heterocycles. The summed E-state index contributed by atoms with van der Waals surface area (Å²) in [5, 5.41) is 3.30. The molecule has 84 valence electrons. The highest BCUT2D eigenvalue weighted by Crippen LogP contribution is 2.14. The van der Waals surface area contributed by atoms with Crippen LogP contribution in [0.25, 0.3) is 0 Å². The summed E-state index contributed by atoms with van der Waals surface area (Å²) < 4.78 is 5.70. The van der Waals surface area contributed by atoms with Gasteiger partial charge in [-0.25, -0.2) is 0 Å². The van der Waals surface area contributed by atoms with E-state index >= 15 is 0 Å². The molecule has 0 aromatic heterocycles. The van der Waals surface area contributed by atoms with E-state index in [1.165, 1.54) is 5.56 Å². The summed E-state index contributed by atoms with van der Waals surface area (Å²) in [6.45, 7) is 8.27. The third-order valence-electron chi connectivity index (χ3n) is 2.41. The molecular formula is C13H21NO. The molecule has 15 heavy (non-hydrogen) atoms. The number of hydrogen-bond acceptors (Lipinski definition) is 2. The van der Waals surface area contributed by atoms with Gasteiger partial charge in [0.25, 0.3) is 0 Å². The summed E-state index contributed by atoms with van der Waals surface area (Å²) in [5.74, 6) is 0.963. The maximum Gasteiger partial charge on any atom is 0.119 e. The zero-order valence-corrected chi connectivity index (χ0v) is 9.92. The molecule has 0 unspecified atom stereocenters. The van der Waals surface area contributed by atoms with Crippen LogP contribution in [0.5, 0.6) is 5.75 Å². The summed E-state index contributed by atoms with van der Waals surface area (Å²) in [6.07, 6.45) is 1.34. The van der Waals surface area contributed by atoms with Crippen LogP contribution in [0, 0.1) is 0 Å². The Morgan fingerprint density at radius 1 is 1.20 bits per heavy atom. The van der Waals surface area contributed by atoms with Crippen LogP contribution in [0.4, 0.5) is 0 Å². The average Bonchev–Trinajstić information content (AvgIpc) is 2.28. The first kappa shape index (κ1) is 12.1. The Morgan fingerprint density at radius 3 is 2.40 bits per heavy atom. The van der Waals surface area contributed by atoms with Crippen LogP contribution < -0.4 is 10.1 Å². The fourth-order valence-corrected chi connectivity index (χ4v) is 1.27. The lowest BCUT2D eigenvalue weighted by Gasteiger charge is -2.12. The largest absolute Gasteiger partial charge is 0.491 e. The van der Waals surface area contributed by atoms with Gasteiger partial charge in [0.1, 0.15) is 5.75 Å². The normalized spacial score (nSPS) is 12.5. The summed E-state index contributed by atoms with van der Waals surface area (Å²) in [6, 6.07) is 8.30. The lowest BCUT2D eigenvalue weighted by Crippen LogP contribution is -2.12. The fraction of sp³-hybridized carbons (Fsp3) is 0.538. The lowest BCUT2D eigenvalue weighted by atomic mass is 10.2. The zero-order valence-electron chi connectivity index (χ0n) is 9.92. The van der Waals surface area contributed by atoms with Crippen molar-refractivity contribution in [3.05, 3.63) is 29.8 Å². The van der Waals surface area contributed by atoms with E-state index < -0.39 is 0 Å². The van der Waals surface area contributed by atoms with E-state index in [-0.39, 0.29) is 0 Å². The monoisotopic (exact) mass is 207 g/mol. The lowest BCUT2D eigenvalue weighted by molar-refractivity contribution is 0.217. The number of hydrogen-bond donors (Lipinski definition) is 1. The number of ether oxygens (including phenoxy) is 1. The molecule has 0 spiro atoms. The Bertz CT molecular complexity index is 268. The van der Waals surface area contributed by atoms with Gasteiger partial charge in [-0.2, -0.15) is 0 Å². The number of nitrogens with one attached hydrogen (secondary N) is 1. The first-order valence-electron chi connectivity index (χ1n) is 5.72. The van der Waals surface area contributed by atoms with E-state index in [0.29, 0.717) is 6.10 Å². The molecule has 0 saturated heterocycles. The molecule has 0 saturated carbocycles. The molecule has 2 nitrogen and oxygen atoms in total. The Morgan fingerprint density at radius 2 is 1.87 bits per heavy atom. The van der Waals surface area contributed by atoms with Crippen LogP contribution in [0.15, 0.2) is 24.3 Å². The van der Waals surface area contributed by atoms with Gasteiger partial charge in [-0.3, -0.25) is 0 Å². The van der Waals surface area contributed by atoms with Crippen molar-refractivity contribution < 1.29 is 4.74 Å². The van der Waals surface area contributed by atoms with Crippen LogP contribution in [0.3, 0.4) is 0 Å². The predicted molar refractivity (Wildman–Crippen MR) is 64.2 cm³/mol. The second-order valence-corrected chi connectivity index (χ2v) is 3.76. The molecule has 0 amide bonds. The summed E-state index contributed by atoms with van der Waals surface area (Å²) >= 11 is 0. The van der Waals surface area contributed by atoms with E-state index in [1.807, 2.05) is 12.1 Å². The van der Waals surface area contributed by atoms with E-state index in [9.17, 15) is 0 Å². The minimum Gasteiger partial charge on any atom is -0.491 e. The summed E-state index contributed by atoms with van der Waals surface area (Å²) in [7, 11) is 0. The van der Waals surface area contributed by atoms with Crippen LogP contribution in [-0.2, 0) is 6.54 Å². The third kappa shape index (κ3) is 4.34. The minimum atomic E-state index is 0.296. The van der Waals surface area contributed by atoms with Crippen LogP contribution in [0.2, 0.25) is 0 Å². The molecule has 0 aliphatic rings. The van der Waals surface area contributed by atoms with Crippen molar-refractivity contribution in [3.63, 3.8) is 0 Å². The number of rotatable bonds is 6. The molecule has 2 heteroatoms. The van der Waals surface area contributed by atoms with Gasteiger partial charge in [-0.1, -0.05) is 26.0 Å². The SMILES string of the molecule is CCNCc1ccc(O[C@H](C)CC)cc1. The van der Waals surface area contributed by atoms with Gasteiger partial charge in [0.05, 0.1) is 6.10 Å². The molecule has 0 radical (unpaired) electrons. The predicted octanol–water partition coefficient (Wildman–Crippen LogP) is 2.97. The van der Waals surface area contributed by atoms with Gasteiger partial charge in [0.2, 0.25) is 0 Å². The quantitative estimate of drug-likeness (QED) is 0.774.